The molecule has 0 unspecified atom stereocenters. The standard InChI is InChI=1S/C20H20ClF3N2O/c21-18-7-6-16(12-17(18)20(22,23)24)14-25-8-10-26(11-9-25)19(27)13-15-4-2-1-3-5-15/h1-7,12H,8-11,13-14H2. The highest BCUT2D eigenvalue weighted by atomic mass is 35.5. The van der Waals surface area contributed by atoms with Crippen molar-refractivity contribution in [1.29, 1.82) is 0 Å². The molecule has 2 aromatic carbocycles. The molecule has 1 heterocycles. The van der Waals surface area contributed by atoms with Crippen molar-refractivity contribution >= 4 is 17.5 Å². The van der Waals surface area contributed by atoms with E-state index in [1.54, 1.807) is 6.07 Å². The van der Waals surface area contributed by atoms with Crippen molar-refractivity contribution in [3.8, 4) is 0 Å². The van der Waals surface area contributed by atoms with Gasteiger partial charge in [0.1, 0.15) is 0 Å². The van der Waals surface area contributed by atoms with Crippen molar-refractivity contribution in [2.45, 2.75) is 19.1 Å². The fourth-order valence-electron chi connectivity index (χ4n) is 3.18. The van der Waals surface area contributed by atoms with Crippen LogP contribution in [-0.2, 0) is 23.9 Å². The topological polar surface area (TPSA) is 23.6 Å². The van der Waals surface area contributed by atoms with Gasteiger partial charge in [-0.05, 0) is 23.3 Å². The third-order valence-corrected chi connectivity index (χ3v) is 5.00. The van der Waals surface area contributed by atoms with E-state index in [0.29, 0.717) is 44.7 Å². The molecule has 7 heteroatoms. The zero-order valence-electron chi connectivity index (χ0n) is 14.7. The van der Waals surface area contributed by atoms with Gasteiger partial charge < -0.3 is 4.90 Å². The van der Waals surface area contributed by atoms with Crippen LogP contribution in [0.25, 0.3) is 0 Å². The number of amides is 1. The average molecular weight is 397 g/mol. The maximum absolute atomic E-state index is 13.0. The molecule has 144 valence electrons. The lowest BCUT2D eigenvalue weighted by Gasteiger charge is -2.35. The molecule has 3 nitrogen and oxygen atoms in total. The smallest absolute Gasteiger partial charge is 0.340 e. The van der Waals surface area contributed by atoms with Gasteiger partial charge in [-0.2, -0.15) is 13.2 Å². The largest absolute Gasteiger partial charge is 0.417 e. The highest BCUT2D eigenvalue weighted by Crippen LogP contribution is 2.35. The van der Waals surface area contributed by atoms with Crippen LogP contribution in [0.1, 0.15) is 16.7 Å². The molecule has 0 N–H and O–H groups in total. The van der Waals surface area contributed by atoms with Crippen LogP contribution < -0.4 is 0 Å². The molecule has 0 atom stereocenters. The highest BCUT2D eigenvalue weighted by molar-refractivity contribution is 6.31. The average Bonchev–Trinajstić information content (AvgIpc) is 2.64. The predicted molar refractivity (Wildman–Crippen MR) is 98.5 cm³/mol. The fraction of sp³-hybridized carbons (Fsp3) is 0.350. The number of hydrogen-bond donors (Lipinski definition) is 0. The van der Waals surface area contributed by atoms with Crippen LogP contribution >= 0.6 is 11.6 Å². The Balaban J connectivity index is 1.55. The minimum atomic E-state index is -4.46. The van der Waals surface area contributed by atoms with Gasteiger partial charge in [0, 0.05) is 32.7 Å². The molecule has 1 aliphatic rings. The Morgan fingerprint density at radius 2 is 1.63 bits per heavy atom. The zero-order valence-corrected chi connectivity index (χ0v) is 15.4. The van der Waals surface area contributed by atoms with Crippen LogP contribution in [0.5, 0.6) is 0 Å². The molecular weight excluding hydrogens is 377 g/mol. The molecule has 1 aliphatic heterocycles. The Bertz CT molecular complexity index is 788. The highest BCUT2D eigenvalue weighted by Gasteiger charge is 2.33. The first-order valence-electron chi connectivity index (χ1n) is 8.72. The monoisotopic (exact) mass is 396 g/mol. The minimum Gasteiger partial charge on any atom is -0.340 e. The van der Waals surface area contributed by atoms with Crippen LogP contribution in [0.3, 0.4) is 0 Å². The van der Waals surface area contributed by atoms with Gasteiger partial charge in [-0.1, -0.05) is 48.0 Å². The lowest BCUT2D eigenvalue weighted by atomic mass is 10.1. The molecule has 1 saturated heterocycles. The fourth-order valence-corrected chi connectivity index (χ4v) is 3.41. The van der Waals surface area contributed by atoms with Crippen LogP contribution in [0.4, 0.5) is 13.2 Å². The molecule has 2 aromatic rings. The van der Waals surface area contributed by atoms with E-state index in [1.165, 1.54) is 6.07 Å². The summed E-state index contributed by atoms with van der Waals surface area (Å²) in [5.41, 5.74) is 0.736. The molecule has 1 fully saturated rings. The molecule has 27 heavy (non-hydrogen) atoms. The molecular formula is C20H20ClF3N2O. The third-order valence-electron chi connectivity index (χ3n) is 4.67. The van der Waals surface area contributed by atoms with E-state index in [-0.39, 0.29) is 10.9 Å². The molecule has 0 radical (unpaired) electrons. The molecule has 1 amide bonds. The van der Waals surface area contributed by atoms with Crippen molar-refractivity contribution < 1.29 is 18.0 Å². The second-order valence-corrected chi connectivity index (χ2v) is 7.04. The number of carbonyl (C=O) groups excluding carboxylic acids is 1. The molecule has 3 rings (SSSR count). The molecule has 0 spiro atoms. The number of hydrogen-bond acceptors (Lipinski definition) is 2. The third kappa shape index (κ3) is 5.23. The molecule has 0 bridgehead atoms. The van der Waals surface area contributed by atoms with E-state index >= 15 is 0 Å². The number of alkyl halides is 3. The van der Waals surface area contributed by atoms with Crippen molar-refractivity contribution in [2.75, 3.05) is 26.2 Å². The van der Waals surface area contributed by atoms with Crippen LogP contribution in [0.15, 0.2) is 48.5 Å². The summed E-state index contributed by atoms with van der Waals surface area (Å²) < 4.78 is 39.0. The lowest BCUT2D eigenvalue weighted by Crippen LogP contribution is -2.48. The second kappa shape index (κ2) is 8.31. The number of rotatable bonds is 4. The van der Waals surface area contributed by atoms with Gasteiger partial charge in [0.15, 0.2) is 0 Å². The Labute approximate surface area is 161 Å². The van der Waals surface area contributed by atoms with Crippen LogP contribution in [0, 0.1) is 0 Å². The number of halogens is 4. The summed E-state index contributed by atoms with van der Waals surface area (Å²) in [5, 5.41) is -0.289. The Morgan fingerprint density at radius 1 is 0.963 bits per heavy atom. The SMILES string of the molecule is O=C(Cc1ccccc1)N1CCN(Cc2ccc(Cl)c(C(F)(F)F)c2)CC1. The quantitative estimate of drug-likeness (QED) is 0.771. The van der Waals surface area contributed by atoms with Crippen molar-refractivity contribution in [1.82, 2.24) is 9.80 Å². The first-order valence-corrected chi connectivity index (χ1v) is 9.10. The van der Waals surface area contributed by atoms with Crippen LogP contribution in [-0.4, -0.2) is 41.9 Å². The van der Waals surface area contributed by atoms with Gasteiger partial charge in [0.25, 0.3) is 0 Å². The van der Waals surface area contributed by atoms with Crippen molar-refractivity contribution in [2.24, 2.45) is 0 Å². The second-order valence-electron chi connectivity index (χ2n) is 6.63. The van der Waals surface area contributed by atoms with Gasteiger partial charge in [-0.3, -0.25) is 9.69 Å². The van der Waals surface area contributed by atoms with E-state index in [1.807, 2.05) is 35.2 Å². The van der Waals surface area contributed by atoms with E-state index in [4.69, 9.17) is 11.6 Å². The van der Waals surface area contributed by atoms with Gasteiger partial charge in [0.05, 0.1) is 17.0 Å². The number of nitrogens with zero attached hydrogens (tertiary/aromatic N) is 2. The maximum Gasteiger partial charge on any atom is 0.417 e. The van der Waals surface area contributed by atoms with E-state index in [2.05, 4.69) is 4.90 Å². The number of piperazine rings is 1. The minimum absolute atomic E-state index is 0.0756. The van der Waals surface area contributed by atoms with Gasteiger partial charge >= 0.3 is 6.18 Å². The molecule has 0 aromatic heterocycles. The molecule has 0 saturated carbocycles. The lowest BCUT2D eigenvalue weighted by molar-refractivity contribution is -0.137. The Hall–Kier alpha value is -2.05. The van der Waals surface area contributed by atoms with Crippen LogP contribution in [0.2, 0.25) is 5.02 Å². The summed E-state index contributed by atoms with van der Waals surface area (Å²) in [4.78, 5) is 16.3. The van der Waals surface area contributed by atoms with E-state index in [9.17, 15) is 18.0 Å². The van der Waals surface area contributed by atoms with Gasteiger partial charge in [-0.15, -0.1) is 0 Å². The number of benzene rings is 2. The summed E-state index contributed by atoms with van der Waals surface area (Å²) in [7, 11) is 0. The molecule has 0 aliphatic carbocycles. The van der Waals surface area contributed by atoms with E-state index in [0.717, 1.165) is 11.6 Å². The maximum atomic E-state index is 13.0. The predicted octanol–water partition coefficient (Wildman–Crippen LogP) is 4.25. The first-order chi connectivity index (χ1) is 12.8. The summed E-state index contributed by atoms with van der Waals surface area (Å²) in [6.07, 6.45) is -4.09. The summed E-state index contributed by atoms with van der Waals surface area (Å²) in [6, 6.07) is 13.6. The van der Waals surface area contributed by atoms with Gasteiger partial charge in [-0.25, -0.2) is 0 Å². The van der Waals surface area contributed by atoms with Crippen molar-refractivity contribution in [3.63, 3.8) is 0 Å². The summed E-state index contributed by atoms with van der Waals surface area (Å²) in [6.45, 7) is 2.81. The Morgan fingerprint density at radius 3 is 2.26 bits per heavy atom. The van der Waals surface area contributed by atoms with Gasteiger partial charge in [0.2, 0.25) is 5.91 Å². The zero-order chi connectivity index (χ0) is 19.4. The summed E-state index contributed by atoms with van der Waals surface area (Å²) in [5.74, 6) is 0.0756. The normalized spacial score (nSPS) is 15.8. The first kappa shape index (κ1) is 19.7. The van der Waals surface area contributed by atoms with E-state index < -0.39 is 11.7 Å². The van der Waals surface area contributed by atoms with Crippen molar-refractivity contribution in [3.05, 3.63) is 70.2 Å². The number of carbonyl (C=O) groups is 1. The summed E-state index contributed by atoms with van der Waals surface area (Å²) >= 11 is 5.67. The Kier molecular flexibility index (Phi) is 6.07.